The number of aromatic nitrogens is 3. The lowest BCUT2D eigenvalue weighted by atomic mass is 9.92. The van der Waals surface area contributed by atoms with Crippen LogP contribution in [-0.2, 0) is 6.42 Å². The lowest BCUT2D eigenvalue weighted by Crippen LogP contribution is -2.34. The molecule has 2 heterocycles. The first-order valence-corrected chi connectivity index (χ1v) is 10.6. The van der Waals surface area contributed by atoms with Gasteiger partial charge in [0.2, 0.25) is 0 Å². The Bertz CT molecular complexity index is 1290. The van der Waals surface area contributed by atoms with Crippen LogP contribution in [0, 0.1) is 6.92 Å². The number of aryl methyl sites for hydroxylation is 1. The molecule has 30 heavy (non-hydrogen) atoms. The van der Waals surface area contributed by atoms with E-state index in [-0.39, 0.29) is 11.6 Å². The van der Waals surface area contributed by atoms with Crippen LogP contribution in [-0.4, -0.2) is 25.7 Å². The molecule has 2 aromatic carbocycles. The van der Waals surface area contributed by atoms with Crippen molar-refractivity contribution in [1.29, 1.82) is 0 Å². The van der Waals surface area contributed by atoms with Gasteiger partial charge in [0, 0.05) is 23.2 Å². The van der Waals surface area contributed by atoms with Crippen LogP contribution < -0.4 is 5.56 Å². The molecule has 0 bridgehead atoms. The highest BCUT2D eigenvalue weighted by Crippen LogP contribution is 2.30. The fourth-order valence-corrected chi connectivity index (χ4v) is 4.78. The number of fused-ring (bicyclic) bond motifs is 3. The number of aliphatic hydroxyl groups is 1. The Morgan fingerprint density at radius 3 is 2.80 bits per heavy atom. The van der Waals surface area contributed by atoms with Crippen molar-refractivity contribution in [3.05, 3.63) is 82.2 Å². The molecular weight excluding hydrogens is 374 g/mol. The molecule has 2 aromatic heterocycles. The second-order valence-electron chi connectivity index (χ2n) is 8.40. The van der Waals surface area contributed by atoms with Gasteiger partial charge in [0.05, 0.1) is 29.4 Å². The topological polar surface area (TPSA) is 68.0 Å². The second-order valence-corrected chi connectivity index (χ2v) is 8.40. The summed E-state index contributed by atoms with van der Waals surface area (Å²) in [5, 5.41) is 13.0. The molecular formula is C25H25N3O2. The van der Waals surface area contributed by atoms with Gasteiger partial charge in [0.25, 0.3) is 5.56 Å². The van der Waals surface area contributed by atoms with E-state index in [1.807, 2.05) is 18.3 Å². The van der Waals surface area contributed by atoms with Crippen LogP contribution in [0.2, 0.25) is 0 Å². The van der Waals surface area contributed by atoms with Crippen molar-refractivity contribution in [2.75, 3.05) is 0 Å². The first kappa shape index (κ1) is 18.9. The molecule has 1 fully saturated rings. The van der Waals surface area contributed by atoms with E-state index < -0.39 is 6.10 Å². The van der Waals surface area contributed by atoms with Gasteiger partial charge in [-0.05, 0) is 49.4 Å². The average molecular weight is 399 g/mol. The van der Waals surface area contributed by atoms with E-state index in [4.69, 9.17) is 0 Å². The third-order valence-electron chi connectivity index (χ3n) is 6.30. The molecule has 0 spiro atoms. The fourth-order valence-electron chi connectivity index (χ4n) is 4.78. The van der Waals surface area contributed by atoms with E-state index >= 15 is 0 Å². The van der Waals surface area contributed by atoms with Crippen molar-refractivity contribution in [1.82, 2.24) is 14.5 Å². The van der Waals surface area contributed by atoms with Gasteiger partial charge in [-0.25, -0.2) is 4.98 Å². The highest BCUT2D eigenvalue weighted by molar-refractivity contribution is 6.06. The molecule has 1 N–H and O–H groups in total. The normalized spacial score (nSPS) is 19.4. The van der Waals surface area contributed by atoms with E-state index in [0.29, 0.717) is 10.9 Å². The lowest BCUT2D eigenvalue weighted by molar-refractivity contribution is 0.0735. The summed E-state index contributed by atoms with van der Waals surface area (Å²) >= 11 is 0. The van der Waals surface area contributed by atoms with E-state index in [0.717, 1.165) is 48.4 Å². The van der Waals surface area contributed by atoms with E-state index in [9.17, 15) is 9.90 Å². The van der Waals surface area contributed by atoms with Crippen LogP contribution in [0.1, 0.15) is 48.4 Å². The van der Waals surface area contributed by atoms with E-state index in [1.165, 1.54) is 11.1 Å². The molecule has 152 valence electrons. The quantitative estimate of drug-likeness (QED) is 0.521. The minimum Gasteiger partial charge on any atom is -0.391 e. The SMILES string of the molecule is Cc1cccc(Cc2cc3c(=O)n([C@H]4CCCC[C@@H]4O)cnc3c3ccncc23)c1. The van der Waals surface area contributed by atoms with Gasteiger partial charge in [0.15, 0.2) is 0 Å². The Hall–Kier alpha value is -3.05. The summed E-state index contributed by atoms with van der Waals surface area (Å²) in [6.45, 7) is 2.08. The Morgan fingerprint density at radius 1 is 1.10 bits per heavy atom. The number of rotatable bonds is 3. The van der Waals surface area contributed by atoms with Crippen LogP contribution in [0.4, 0.5) is 0 Å². The lowest BCUT2D eigenvalue weighted by Gasteiger charge is -2.29. The van der Waals surface area contributed by atoms with Gasteiger partial charge in [-0.3, -0.25) is 14.3 Å². The predicted octanol–water partition coefficient (Wildman–Crippen LogP) is 4.32. The van der Waals surface area contributed by atoms with Gasteiger partial charge in [-0.1, -0.05) is 42.7 Å². The summed E-state index contributed by atoms with van der Waals surface area (Å²) in [4.78, 5) is 22.5. The van der Waals surface area contributed by atoms with Crippen LogP contribution in [0.15, 0.2) is 59.9 Å². The monoisotopic (exact) mass is 399 g/mol. The van der Waals surface area contributed by atoms with Gasteiger partial charge in [0.1, 0.15) is 0 Å². The Labute approximate surface area is 175 Å². The Kier molecular flexibility index (Phi) is 4.83. The minimum absolute atomic E-state index is 0.0739. The molecule has 0 unspecified atom stereocenters. The van der Waals surface area contributed by atoms with Crippen LogP contribution >= 0.6 is 0 Å². The molecule has 1 saturated carbocycles. The summed E-state index contributed by atoms with van der Waals surface area (Å²) in [6, 6.07) is 12.1. The van der Waals surface area contributed by atoms with Gasteiger partial charge < -0.3 is 5.11 Å². The third-order valence-corrected chi connectivity index (χ3v) is 6.30. The summed E-state index contributed by atoms with van der Waals surface area (Å²) in [5.74, 6) is 0. The number of hydrogen-bond donors (Lipinski definition) is 1. The second kappa shape index (κ2) is 7.65. The smallest absolute Gasteiger partial charge is 0.261 e. The van der Waals surface area contributed by atoms with Crippen LogP contribution in [0.3, 0.4) is 0 Å². The zero-order valence-electron chi connectivity index (χ0n) is 17.1. The van der Waals surface area contributed by atoms with Crippen LogP contribution in [0.5, 0.6) is 0 Å². The van der Waals surface area contributed by atoms with Crippen molar-refractivity contribution in [2.24, 2.45) is 0 Å². The van der Waals surface area contributed by atoms with E-state index in [1.54, 1.807) is 17.1 Å². The van der Waals surface area contributed by atoms with Gasteiger partial charge in [-0.15, -0.1) is 0 Å². The molecule has 5 heteroatoms. The first-order valence-electron chi connectivity index (χ1n) is 10.6. The summed E-state index contributed by atoms with van der Waals surface area (Å²) in [5.41, 5.74) is 4.11. The number of nitrogens with zero attached hydrogens (tertiary/aromatic N) is 3. The van der Waals surface area contributed by atoms with Crippen molar-refractivity contribution in [3.8, 4) is 0 Å². The molecule has 2 atom stereocenters. The number of hydrogen-bond acceptors (Lipinski definition) is 4. The number of aliphatic hydroxyl groups excluding tert-OH is 1. The highest BCUT2D eigenvalue weighted by Gasteiger charge is 2.26. The zero-order chi connectivity index (χ0) is 20.7. The van der Waals surface area contributed by atoms with Crippen LogP contribution in [0.25, 0.3) is 21.7 Å². The predicted molar refractivity (Wildman–Crippen MR) is 119 cm³/mol. The molecule has 4 aromatic rings. The largest absolute Gasteiger partial charge is 0.391 e. The molecule has 5 rings (SSSR count). The molecule has 0 amide bonds. The Morgan fingerprint density at radius 2 is 1.97 bits per heavy atom. The molecule has 0 aliphatic heterocycles. The molecule has 0 saturated heterocycles. The maximum Gasteiger partial charge on any atom is 0.261 e. The van der Waals surface area contributed by atoms with Gasteiger partial charge in [-0.2, -0.15) is 0 Å². The van der Waals surface area contributed by atoms with Crippen molar-refractivity contribution in [2.45, 2.75) is 51.2 Å². The molecule has 1 aliphatic rings. The summed E-state index contributed by atoms with van der Waals surface area (Å²) in [7, 11) is 0. The Balaban J connectivity index is 1.71. The van der Waals surface area contributed by atoms with Crippen molar-refractivity contribution in [3.63, 3.8) is 0 Å². The highest BCUT2D eigenvalue weighted by atomic mass is 16.3. The standard InChI is InChI=1S/C25H25N3O2/c1-16-5-4-6-17(11-16)12-18-13-20-24(19-9-10-26-14-21(18)19)27-15-28(25(20)30)22-7-2-3-8-23(22)29/h4-6,9-11,13-15,22-23,29H,2-3,7-8,12H2,1H3/t22-,23-/m0/s1. The molecule has 0 radical (unpaired) electrons. The van der Waals surface area contributed by atoms with Crippen molar-refractivity contribution < 1.29 is 5.11 Å². The van der Waals surface area contributed by atoms with E-state index in [2.05, 4.69) is 41.2 Å². The maximum absolute atomic E-state index is 13.5. The molecule has 5 nitrogen and oxygen atoms in total. The summed E-state index contributed by atoms with van der Waals surface area (Å²) < 4.78 is 1.65. The van der Waals surface area contributed by atoms with Crippen molar-refractivity contribution >= 4 is 21.7 Å². The number of pyridine rings is 1. The maximum atomic E-state index is 13.5. The van der Waals surface area contributed by atoms with Gasteiger partial charge >= 0.3 is 0 Å². The number of benzene rings is 2. The first-order chi connectivity index (χ1) is 14.6. The summed E-state index contributed by atoms with van der Waals surface area (Å²) in [6.07, 6.45) is 9.02. The minimum atomic E-state index is -0.493. The third kappa shape index (κ3) is 3.29. The average Bonchev–Trinajstić information content (AvgIpc) is 2.75. The fraction of sp³-hybridized carbons (Fsp3) is 0.320. The molecule has 1 aliphatic carbocycles. The zero-order valence-corrected chi connectivity index (χ0v) is 17.1.